The Hall–Kier alpha value is -7.42. The van der Waals surface area contributed by atoms with Gasteiger partial charge < -0.3 is 9.13 Å². The Morgan fingerprint density at radius 1 is 0.316 bits per heavy atom. The van der Waals surface area contributed by atoms with Gasteiger partial charge in [0.05, 0.1) is 22.1 Å². The molecule has 2 aromatic heterocycles. The van der Waals surface area contributed by atoms with Crippen LogP contribution in [0.3, 0.4) is 0 Å². The molecule has 1 aliphatic carbocycles. The zero-order valence-electron chi connectivity index (χ0n) is 31.2. The SMILES string of the molecule is c1ccc(-c2cccc(C3c4ccccc4-c4cc(-c5ccc6c(c5)c5ccc7c(c8ccccc8n7-c7ccccc7)c5n6-c5ccccc5)ccc43)c2)cc1. The lowest BCUT2D eigenvalue weighted by atomic mass is 9.87. The minimum atomic E-state index is 0.181. The van der Waals surface area contributed by atoms with Crippen LogP contribution in [0.5, 0.6) is 0 Å². The lowest BCUT2D eigenvalue weighted by Gasteiger charge is -2.16. The summed E-state index contributed by atoms with van der Waals surface area (Å²) in [6.07, 6.45) is 0. The molecule has 0 saturated heterocycles. The monoisotopic (exact) mass is 724 g/mol. The predicted molar refractivity (Wildman–Crippen MR) is 239 cm³/mol. The second kappa shape index (κ2) is 12.6. The molecule has 2 heteroatoms. The molecule has 9 aromatic carbocycles. The Kier molecular flexibility index (Phi) is 7.02. The number of hydrogen-bond donors (Lipinski definition) is 0. The average Bonchev–Trinajstić information content (AvgIpc) is 3.92. The predicted octanol–water partition coefficient (Wildman–Crippen LogP) is 14.4. The van der Waals surface area contributed by atoms with E-state index in [1.807, 2.05) is 0 Å². The molecule has 0 saturated carbocycles. The summed E-state index contributed by atoms with van der Waals surface area (Å²) in [4.78, 5) is 0. The summed E-state index contributed by atoms with van der Waals surface area (Å²) in [5.41, 5.74) is 18.8. The van der Waals surface area contributed by atoms with Crippen LogP contribution >= 0.6 is 0 Å². The first kappa shape index (κ1) is 31.9. The molecule has 11 aromatic rings. The molecule has 0 N–H and O–H groups in total. The minimum Gasteiger partial charge on any atom is -0.309 e. The van der Waals surface area contributed by atoms with Crippen molar-refractivity contribution < 1.29 is 0 Å². The van der Waals surface area contributed by atoms with Crippen molar-refractivity contribution in [3.63, 3.8) is 0 Å². The molecule has 0 spiro atoms. The van der Waals surface area contributed by atoms with Crippen molar-refractivity contribution in [3.05, 3.63) is 229 Å². The van der Waals surface area contributed by atoms with E-state index >= 15 is 0 Å². The number of para-hydroxylation sites is 3. The van der Waals surface area contributed by atoms with E-state index in [1.165, 1.54) is 93.7 Å². The number of aromatic nitrogens is 2. The first-order valence-electron chi connectivity index (χ1n) is 19.8. The molecule has 1 unspecified atom stereocenters. The maximum Gasteiger partial charge on any atom is 0.0641 e. The van der Waals surface area contributed by atoms with Crippen LogP contribution in [-0.4, -0.2) is 9.13 Å². The van der Waals surface area contributed by atoms with E-state index in [0.29, 0.717) is 0 Å². The highest BCUT2D eigenvalue weighted by atomic mass is 15.0. The standard InChI is InChI=1S/C55H36N2/c1-4-15-36(16-5-1)37-17-14-18-40(33-37)53-44-24-11-10-23-43(44)48-34-38(27-29-45(48)53)39-28-31-51-49(35-39)46-30-32-52-54(55(46)57(51)42-21-8-3-9-22-42)47-25-12-13-26-50(47)56(52)41-19-6-2-7-20-41/h1-35,53H. The normalized spacial score (nSPS) is 13.4. The number of hydrogen-bond acceptors (Lipinski definition) is 0. The largest absolute Gasteiger partial charge is 0.309 e. The van der Waals surface area contributed by atoms with Gasteiger partial charge in [0.15, 0.2) is 0 Å². The highest BCUT2D eigenvalue weighted by molar-refractivity contribution is 6.26. The van der Waals surface area contributed by atoms with Crippen molar-refractivity contribution in [1.82, 2.24) is 9.13 Å². The fourth-order valence-corrected chi connectivity index (χ4v) is 9.71. The second-order valence-corrected chi connectivity index (χ2v) is 15.3. The third-order valence-corrected chi connectivity index (χ3v) is 12.2. The first-order valence-corrected chi connectivity index (χ1v) is 19.8. The average molecular weight is 725 g/mol. The zero-order chi connectivity index (χ0) is 37.5. The van der Waals surface area contributed by atoms with Gasteiger partial charge in [0.2, 0.25) is 0 Å². The molecule has 57 heavy (non-hydrogen) atoms. The molecule has 2 heterocycles. The lowest BCUT2D eigenvalue weighted by Crippen LogP contribution is -1.99. The van der Waals surface area contributed by atoms with Crippen molar-refractivity contribution in [3.8, 4) is 44.8 Å². The van der Waals surface area contributed by atoms with Gasteiger partial charge in [-0.3, -0.25) is 0 Å². The molecule has 12 rings (SSSR count). The van der Waals surface area contributed by atoms with Gasteiger partial charge >= 0.3 is 0 Å². The van der Waals surface area contributed by atoms with Crippen molar-refractivity contribution in [2.45, 2.75) is 5.92 Å². The van der Waals surface area contributed by atoms with Crippen LogP contribution in [0.25, 0.3) is 88.4 Å². The van der Waals surface area contributed by atoms with E-state index in [9.17, 15) is 0 Å². The van der Waals surface area contributed by atoms with Crippen molar-refractivity contribution >= 4 is 43.6 Å². The van der Waals surface area contributed by atoms with Crippen LogP contribution < -0.4 is 0 Å². The Labute approximate surface area is 331 Å². The number of fused-ring (bicyclic) bond motifs is 10. The van der Waals surface area contributed by atoms with Crippen LogP contribution in [0.4, 0.5) is 0 Å². The van der Waals surface area contributed by atoms with Gasteiger partial charge in [0.25, 0.3) is 0 Å². The summed E-state index contributed by atoms with van der Waals surface area (Å²) in [6, 6.07) is 78.1. The van der Waals surface area contributed by atoms with E-state index in [-0.39, 0.29) is 5.92 Å². The van der Waals surface area contributed by atoms with Crippen molar-refractivity contribution in [2.75, 3.05) is 0 Å². The molecule has 1 aliphatic rings. The molecule has 0 radical (unpaired) electrons. The number of benzene rings is 9. The fraction of sp³-hybridized carbons (Fsp3) is 0.0182. The molecule has 0 aliphatic heterocycles. The highest BCUT2D eigenvalue weighted by Gasteiger charge is 2.30. The van der Waals surface area contributed by atoms with E-state index in [1.54, 1.807) is 0 Å². The van der Waals surface area contributed by atoms with Gasteiger partial charge in [-0.1, -0.05) is 158 Å². The Bertz CT molecular complexity index is 3330. The summed E-state index contributed by atoms with van der Waals surface area (Å²) in [5, 5.41) is 5.03. The van der Waals surface area contributed by atoms with Gasteiger partial charge in [-0.25, -0.2) is 0 Å². The van der Waals surface area contributed by atoms with Gasteiger partial charge in [0, 0.05) is 38.8 Å². The molecule has 0 amide bonds. The zero-order valence-corrected chi connectivity index (χ0v) is 31.2. The van der Waals surface area contributed by atoms with E-state index in [2.05, 4.69) is 221 Å². The third-order valence-electron chi connectivity index (χ3n) is 12.2. The molecule has 266 valence electrons. The molecule has 0 bridgehead atoms. The summed E-state index contributed by atoms with van der Waals surface area (Å²) in [6.45, 7) is 0. The number of rotatable bonds is 5. The van der Waals surface area contributed by atoms with Crippen LogP contribution in [0, 0.1) is 0 Å². The van der Waals surface area contributed by atoms with Crippen LogP contribution in [0.1, 0.15) is 22.6 Å². The van der Waals surface area contributed by atoms with Gasteiger partial charge in [-0.05, 0) is 105 Å². The summed E-state index contributed by atoms with van der Waals surface area (Å²) < 4.78 is 4.89. The highest BCUT2D eigenvalue weighted by Crippen LogP contribution is 2.50. The lowest BCUT2D eigenvalue weighted by molar-refractivity contribution is 1.02. The Morgan fingerprint density at radius 2 is 0.912 bits per heavy atom. The minimum absolute atomic E-state index is 0.181. The summed E-state index contributed by atoms with van der Waals surface area (Å²) in [5.74, 6) is 0.181. The first-order chi connectivity index (χ1) is 28.3. The quantitative estimate of drug-likeness (QED) is 0.167. The van der Waals surface area contributed by atoms with E-state index in [0.717, 1.165) is 11.4 Å². The molecular weight excluding hydrogens is 689 g/mol. The fourth-order valence-electron chi connectivity index (χ4n) is 9.71. The van der Waals surface area contributed by atoms with Crippen LogP contribution in [-0.2, 0) is 0 Å². The Balaban J connectivity index is 1.06. The second-order valence-electron chi connectivity index (χ2n) is 15.3. The van der Waals surface area contributed by atoms with Gasteiger partial charge in [0.1, 0.15) is 0 Å². The van der Waals surface area contributed by atoms with Crippen molar-refractivity contribution in [2.24, 2.45) is 0 Å². The molecular formula is C55H36N2. The number of nitrogens with zero attached hydrogens (tertiary/aromatic N) is 2. The summed E-state index contributed by atoms with van der Waals surface area (Å²) >= 11 is 0. The van der Waals surface area contributed by atoms with Gasteiger partial charge in [-0.2, -0.15) is 0 Å². The maximum absolute atomic E-state index is 2.48. The Morgan fingerprint density at radius 3 is 1.74 bits per heavy atom. The smallest absolute Gasteiger partial charge is 0.0641 e. The topological polar surface area (TPSA) is 9.86 Å². The van der Waals surface area contributed by atoms with Gasteiger partial charge in [-0.15, -0.1) is 0 Å². The summed E-state index contributed by atoms with van der Waals surface area (Å²) in [7, 11) is 0. The molecule has 0 fully saturated rings. The van der Waals surface area contributed by atoms with Crippen LogP contribution in [0.2, 0.25) is 0 Å². The van der Waals surface area contributed by atoms with E-state index in [4.69, 9.17) is 0 Å². The van der Waals surface area contributed by atoms with Crippen molar-refractivity contribution in [1.29, 1.82) is 0 Å². The molecule has 2 nitrogen and oxygen atoms in total. The third kappa shape index (κ3) is 4.84. The van der Waals surface area contributed by atoms with E-state index < -0.39 is 0 Å². The van der Waals surface area contributed by atoms with Crippen LogP contribution in [0.15, 0.2) is 212 Å². The maximum atomic E-state index is 2.48. The molecule has 1 atom stereocenters.